The van der Waals surface area contributed by atoms with Gasteiger partial charge in [-0.3, -0.25) is 4.90 Å². The molecule has 1 aliphatic heterocycles. The van der Waals surface area contributed by atoms with Crippen LogP contribution in [0.2, 0.25) is 5.02 Å². The first kappa shape index (κ1) is 19.2. The van der Waals surface area contributed by atoms with Crippen molar-refractivity contribution in [2.45, 2.75) is 11.8 Å². The fourth-order valence-corrected chi connectivity index (χ4v) is 5.12. The number of sulfonamides is 1. The van der Waals surface area contributed by atoms with E-state index in [1.807, 2.05) is 31.3 Å². The number of hydrogen-bond acceptors (Lipinski definition) is 4. The average Bonchev–Trinajstić information content (AvgIpc) is 2.63. The van der Waals surface area contributed by atoms with Crippen LogP contribution in [0.25, 0.3) is 0 Å². The number of piperazine rings is 1. The molecule has 3 rings (SSSR count). The van der Waals surface area contributed by atoms with Gasteiger partial charge in [0.05, 0.1) is 18.9 Å². The largest absolute Gasteiger partial charge is 0.496 e. The molecule has 5 nitrogen and oxygen atoms in total. The zero-order chi connectivity index (χ0) is 18.7. The maximum Gasteiger partial charge on any atom is 0.218 e. The van der Waals surface area contributed by atoms with Gasteiger partial charge in [0, 0.05) is 30.2 Å². The number of halogens is 1. The van der Waals surface area contributed by atoms with E-state index >= 15 is 0 Å². The van der Waals surface area contributed by atoms with Gasteiger partial charge < -0.3 is 4.74 Å². The van der Waals surface area contributed by atoms with E-state index in [0.29, 0.717) is 30.2 Å². The minimum absolute atomic E-state index is 0.0547. The van der Waals surface area contributed by atoms with Gasteiger partial charge in [0.2, 0.25) is 10.0 Å². The van der Waals surface area contributed by atoms with Crippen LogP contribution >= 0.6 is 11.6 Å². The van der Waals surface area contributed by atoms with Crippen LogP contribution in [0.5, 0.6) is 5.75 Å². The molecular formula is C19H23ClN2O3S. The van der Waals surface area contributed by atoms with Crippen LogP contribution in [0.1, 0.15) is 17.2 Å². The molecule has 140 valence electrons. The Morgan fingerprint density at radius 2 is 1.81 bits per heavy atom. The van der Waals surface area contributed by atoms with Crippen LogP contribution in [-0.2, 0) is 15.8 Å². The summed E-state index contributed by atoms with van der Waals surface area (Å²) in [7, 11) is 0.180. The number of hydrogen-bond donors (Lipinski definition) is 0. The first-order chi connectivity index (χ1) is 12.4. The van der Waals surface area contributed by atoms with E-state index in [9.17, 15) is 8.42 Å². The lowest BCUT2D eigenvalue weighted by atomic mass is 10.0. The molecule has 0 amide bonds. The second-order valence-electron chi connectivity index (χ2n) is 6.44. The van der Waals surface area contributed by atoms with Crippen molar-refractivity contribution >= 4 is 21.6 Å². The Morgan fingerprint density at radius 1 is 1.12 bits per heavy atom. The zero-order valence-electron chi connectivity index (χ0n) is 14.9. The lowest BCUT2D eigenvalue weighted by molar-refractivity contribution is 0.145. The number of likely N-dealkylation sites (N-methyl/N-ethyl adjacent to an activating group) is 1. The van der Waals surface area contributed by atoms with E-state index in [4.69, 9.17) is 16.3 Å². The Kier molecular flexibility index (Phi) is 5.87. The molecule has 0 N–H and O–H groups in total. The quantitative estimate of drug-likeness (QED) is 0.781. The molecule has 0 bridgehead atoms. The summed E-state index contributed by atoms with van der Waals surface area (Å²) < 4.78 is 33.0. The number of rotatable bonds is 5. The fourth-order valence-electron chi connectivity index (χ4n) is 3.28. The minimum atomic E-state index is -3.46. The van der Waals surface area contributed by atoms with Gasteiger partial charge in [-0.05, 0) is 24.7 Å². The van der Waals surface area contributed by atoms with Crippen molar-refractivity contribution in [3.05, 3.63) is 64.7 Å². The van der Waals surface area contributed by atoms with E-state index < -0.39 is 10.0 Å². The highest BCUT2D eigenvalue weighted by Crippen LogP contribution is 2.32. The number of ether oxygens (including phenoxy) is 1. The average molecular weight is 395 g/mol. The molecule has 2 aromatic rings. The van der Waals surface area contributed by atoms with Crippen molar-refractivity contribution < 1.29 is 13.2 Å². The molecule has 1 heterocycles. The fraction of sp³-hybridized carbons (Fsp3) is 0.368. The van der Waals surface area contributed by atoms with Gasteiger partial charge >= 0.3 is 0 Å². The van der Waals surface area contributed by atoms with Crippen molar-refractivity contribution in [2.24, 2.45) is 0 Å². The first-order valence-electron chi connectivity index (χ1n) is 8.47. The molecule has 2 aromatic carbocycles. The summed E-state index contributed by atoms with van der Waals surface area (Å²) in [6, 6.07) is 14.8. The third kappa shape index (κ3) is 4.04. The monoisotopic (exact) mass is 394 g/mol. The van der Waals surface area contributed by atoms with Gasteiger partial charge in [0.1, 0.15) is 5.75 Å². The highest BCUT2D eigenvalue weighted by atomic mass is 35.5. The molecule has 1 atom stereocenters. The number of para-hydroxylation sites is 1. The molecule has 1 unspecified atom stereocenters. The smallest absolute Gasteiger partial charge is 0.218 e. The second kappa shape index (κ2) is 7.96. The van der Waals surface area contributed by atoms with Gasteiger partial charge in [0.25, 0.3) is 0 Å². The lowest BCUT2D eigenvalue weighted by Crippen LogP contribution is -2.49. The lowest BCUT2D eigenvalue weighted by Gasteiger charge is -2.39. The van der Waals surface area contributed by atoms with E-state index in [0.717, 1.165) is 11.3 Å². The Hall–Kier alpha value is -1.60. The second-order valence-corrected chi connectivity index (χ2v) is 8.82. The van der Waals surface area contributed by atoms with E-state index in [1.165, 1.54) is 0 Å². The van der Waals surface area contributed by atoms with Crippen LogP contribution in [0.3, 0.4) is 0 Å². The number of benzene rings is 2. The molecule has 1 fully saturated rings. The van der Waals surface area contributed by atoms with Gasteiger partial charge in [-0.25, -0.2) is 8.42 Å². The predicted molar refractivity (Wildman–Crippen MR) is 104 cm³/mol. The summed E-state index contributed by atoms with van der Waals surface area (Å²) in [5.74, 6) is 0.685. The van der Waals surface area contributed by atoms with E-state index in [1.54, 1.807) is 35.7 Å². The van der Waals surface area contributed by atoms with Crippen LogP contribution in [0, 0.1) is 0 Å². The topological polar surface area (TPSA) is 49.9 Å². The summed E-state index contributed by atoms with van der Waals surface area (Å²) >= 11 is 6.15. The van der Waals surface area contributed by atoms with Crippen LogP contribution in [-0.4, -0.2) is 51.4 Å². The minimum Gasteiger partial charge on any atom is -0.496 e. The molecule has 0 aromatic heterocycles. The Morgan fingerprint density at radius 3 is 2.54 bits per heavy atom. The molecule has 0 radical (unpaired) electrons. The molecular weight excluding hydrogens is 372 g/mol. The summed E-state index contributed by atoms with van der Waals surface area (Å²) in [6.07, 6.45) is 0. The van der Waals surface area contributed by atoms with Gasteiger partial charge in [0.15, 0.2) is 0 Å². The van der Waals surface area contributed by atoms with Gasteiger partial charge in [-0.1, -0.05) is 48.0 Å². The Labute approximate surface area is 160 Å². The molecule has 1 aliphatic rings. The highest BCUT2D eigenvalue weighted by Gasteiger charge is 2.34. The summed E-state index contributed by atoms with van der Waals surface area (Å²) in [5, 5.41) is 0.478. The third-order valence-corrected chi connectivity index (χ3v) is 6.96. The van der Waals surface area contributed by atoms with Crippen LogP contribution in [0.4, 0.5) is 0 Å². The highest BCUT2D eigenvalue weighted by molar-refractivity contribution is 7.88. The number of methoxy groups -OCH3 is 1. The third-order valence-electron chi connectivity index (χ3n) is 4.80. The first-order valence-corrected chi connectivity index (χ1v) is 10.5. The van der Waals surface area contributed by atoms with Crippen LogP contribution < -0.4 is 4.74 Å². The standard InChI is InChI=1S/C19H23ClN2O3S/c1-21-11-12-22(13-18(21)16-8-4-6-10-19(16)25-2)26(23,24)14-15-7-3-5-9-17(15)20/h3-10,18H,11-14H2,1-2H3. The van der Waals surface area contributed by atoms with Crippen molar-refractivity contribution in [3.63, 3.8) is 0 Å². The normalized spacial score (nSPS) is 19.4. The van der Waals surface area contributed by atoms with Crippen molar-refractivity contribution in [1.29, 1.82) is 0 Å². The maximum atomic E-state index is 13.0. The predicted octanol–water partition coefficient (Wildman–Crippen LogP) is 3.17. The van der Waals surface area contributed by atoms with Gasteiger partial charge in [-0.15, -0.1) is 0 Å². The Bertz CT molecular complexity index is 873. The summed E-state index contributed by atoms with van der Waals surface area (Å²) in [4.78, 5) is 2.17. The van der Waals surface area contributed by atoms with Crippen molar-refractivity contribution in [2.75, 3.05) is 33.8 Å². The molecule has 26 heavy (non-hydrogen) atoms. The SMILES string of the molecule is COc1ccccc1C1CN(S(=O)(=O)Cc2ccccc2Cl)CCN1C. The summed E-state index contributed by atoms with van der Waals surface area (Å²) in [6.45, 7) is 1.52. The number of nitrogens with zero attached hydrogens (tertiary/aromatic N) is 2. The molecule has 0 spiro atoms. The Balaban J connectivity index is 1.84. The molecule has 1 saturated heterocycles. The summed E-state index contributed by atoms with van der Waals surface area (Å²) in [5.41, 5.74) is 1.62. The van der Waals surface area contributed by atoms with E-state index in [2.05, 4.69) is 4.90 Å². The molecule has 0 saturated carbocycles. The van der Waals surface area contributed by atoms with Crippen molar-refractivity contribution in [3.8, 4) is 5.75 Å². The zero-order valence-corrected chi connectivity index (χ0v) is 16.5. The van der Waals surface area contributed by atoms with Crippen molar-refractivity contribution in [1.82, 2.24) is 9.21 Å². The van der Waals surface area contributed by atoms with E-state index in [-0.39, 0.29) is 11.8 Å². The molecule has 0 aliphatic carbocycles. The maximum absolute atomic E-state index is 13.0. The van der Waals surface area contributed by atoms with Crippen LogP contribution in [0.15, 0.2) is 48.5 Å². The van der Waals surface area contributed by atoms with Gasteiger partial charge in [-0.2, -0.15) is 4.31 Å². The molecule has 7 heteroatoms.